The van der Waals surface area contributed by atoms with Crippen LogP contribution in [0.5, 0.6) is 5.75 Å². The second kappa shape index (κ2) is 8.58. The van der Waals surface area contributed by atoms with Gasteiger partial charge in [0.1, 0.15) is 17.7 Å². The molecule has 1 amide bonds. The van der Waals surface area contributed by atoms with Crippen LogP contribution in [0.3, 0.4) is 0 Å². The largest absolute Gasteiger partial charge is 0.482 e. The highest BCUT2D eigenvalue weighted by atomic mass is 32.2. The Bertz CT molecular complexity index is 620. The molecule has 130 valence electrons. The van der Waals surface area contributed by atoms with Crippen molar-refractivity contribution in [1.82, 2.24) is 4.90 Å². The second-order valence-electron chi connectivity index (χ2n) is 4.89. The van der Waals surface area contributed by atoms with E-state index in [-0.39, 0.29) is 36.8 Å². The molecule has 1 fully saturated rings. The predicted molar refractivity (Wildman–Crippen MR) is 87.5 cm³/mol. The maximum atomic E-state index is 12.1. The van der Waals surface area contributed by atoms with Crippen molar-refractivity contribution in [3.8, 4) is 5.75 Å². The lowest BCUT2D eigenvalue weighted by Gasteiger charge is -2.24. The minimum atomic E-state index is -0.485. The van der Waals surface area contributed by atoms with E-state index in [4.69, 9.17) is 9.47 Å². The van der Waals surface area contributed by atoms with Gasteiger partial charge >= 0.3 is 11.9 Å². The minimum Gasteiger partial charge on any atom is -0.482 e. The Labute approximate surface area is 144 Å². The number of benzene rings is 1. The first-order valence-corrected chi connectivity index (χ1v) is 8.47. The number of para-hydroxylation sites is 1. The molecule has 2 rings (SSSR count). The normalized spacial score (nSPS) is 16.8. The third kappa shape index (κ3) is 4.41. The predicted octanol–water partition coefficient (Wildman–Crippen LogP) is 1.38. The average molecular weight is 353 g/mol. The quantitative estimate of drug-likeness (QED) is 0.685. The Balaban J connectivity index is 2.16. The number of hydrogen-bond acceptors (Lipinski definition) is 7. The van der Waals surface area contributed by atoms with E-state index in [1.165, 1.54) is 23.8 Å². The number of methoxy groups -OCH3 is 1. The summed E-state index contributed by atoms with van der Waals surface area (Å²) in [6.45, 7) is 1.66. The smallest absolute Gasteiger partial charge is 0.344 e. The molecule has 0 aliphatic carbocycles. The Hall–Kier alpha value is -2.22. The van der Waals surface area contributed by atoms with Crippen LogP contribution in [-0.2, 0) is 23.9 Å². The van der Waals surface area contributed by atoms with Gasteiger partial charge in [0.15, 0.2) is 6.61 Å². The van der Waals surface area contributed by atoms with Crippen LogP contribution < -0.4 is 4.74 Å². The highest BCUT2D eigenvalue weighted by Crippen LogP contribution is 2.42. The van der Waals surface area contributed by atoms with E-state index in [9.17, 15) is 14.4 Å². The van der Waals surface area contributed by atoms with E-state index in [1.807, 2.05) is 6.07 Å². The van der Waals surface area contributed by atoms with Crippen LogP contribution in [0, 0.1) is 0 Å². The topological polar surface area (TPSA) is 82.1 Å². The van der Waals surface area contributed by atoms with Gasteiger partial charge in [-0.05, 0) is 13.0 Å². The molecule has 0 bridgehead atoms. The Morgan fingerprint density at radius 3 is 2.75 bits per heavy atom. The first-order valence-electron chi connectivity index (χ1n) is 7.42. The average Bonchev–Trinajstić information content (AvgIpc) is 2.94. The van der Waals surface area contributed by atoms with Crippen molar-refractivity contribution in [2.24, 2.45) is 0 Å². The molecule has 0 aromatic heterocycles. The van der Waals surface area contributed by atoms with E-state index in [0.29, 0.717) is 5.75 Å². The van der Waals surface area contributed by atoms with Crippen molar-refractivity contribution < 1.29 is 28.6 Å². The third-order valence-corrected chi connectivity index (χ3v) is 4.57. The molecular formula is C16H19NO6S. The molecule has 1 aliphatic heterocycles. The Kier molecular flexibility index (Phi) is 6.48. The van der Waals surface area contributed by atoms with Crippen LogP contribution in [0.25, 0.3) is 0 Å². The maximum absolute atomic E-state index is 12.1. The summed E-state index contributed by atoms with van der Waals surface area (Å²) >= 11 is 1.40. The van der Waals surface area contributed by atoms with E-state index in [0.717, 1.165) is 5.56 Å². The summed E-state index contributed by atoms with van der Waals surface area (Å²) in [5, 5.41) is -0.366. The molecule has 24 heavy (non-hydrogen) atoms. The standard InChI is InChI=1S/C16H19NO6S/c1-3-22-15(20)9-23-12-7-5-4-6-11(12)16-17(8-14(19)21-2)13(18)10-24-16/h4-7,16H,3,8-10H2,1-2H3. The lowest BCUT2D eigenvalue weighted by Crippen LogP contribution is -2.34. The van der Waals surface area contributed by atoms with Gasteiger partial charge in [0.05, 0.1) is 19.5 Å². The summed E-state index contributed by atoms with van der Waals surface area (Å²) in [6, 6.07) is 7.11. The van der Waals surface area contributed by atoms with E-state index < -0.39 is 11.9 Å². The Morgan fingerprint density at radius 2 is 2.04 bits per heavy atom. The van der Waals surface area contributed by atoms with E-state index in [2.05, 4.69) is 4.74 Å². The monoisotopic (exact) mass is 353 g/mol. The highest BCUT2D eigenvalue weighted by Gasteiger charge is 2.36. The molecular weight excluding hydrogens is 334 g/mol. The van der Waals surface area contributed by atoms with Crippen molar-refractivity contribution in [2.75, 3.05) is 32.6 Å². The van der Waals surface area contributed by atoms with Crippen LogP contribution in [0.1, 0.15) is 17.9 Å². The van der Waals surface area contributed by atoms with Crippen molar-refractivity contribution in [2.45, 2.75) is 12.3 Å². The molecule has 0 spiro atoms. The molecule has 1 aromatic carbocycles. The van der Waals surface area contributed by atoms with Gasteiger partial charge in [-0.15, -0.1) is 11.8 Å². The zero-order valence-electron chi connectivity index (χ0n) is 13.5. The number of hydrogen-bond donors (Lipinski definition) is 0. The van der Waals surface area contributed by atoms with Gasteiger partial charge in [0.2, 0.25) is 5.91 Å². The zero-order chi connectivity index (χ0) is 17.5. The number of esters is 2. The second-order valence-corrected chi connectivity index (χ2v) is 5.96. The Morgan fingerprint density at radius 1 is 1.29 bits per heavy atom. The number of nitrogens with zero attached hydrogens (tertiary/aromatic N) is 1. The summed E-state index contributed by atoms with van der Waals surface area (Å²) in [5.74, 6) is -0.341. The van der Waals surface area contributed by atoms with Crippen molar-refractivity contribution >= 4 is 29.6 Å². The van der Waals surface area contributed by atoms with Gasteiger partial charge in [0, 0.05) is 5.56 Å². The summed E-state index contributed by atoms with van der Waals surface area (Å²) in [4.78, 5) is 36.5. The molecule has 0 N–H and O–H groups in total. The fourth-order valence-electron chi connectivity index (χ4n) is 2.24. The molecule has 8 heteroatoms. The van der Waals surface area contributed by atoms with Crippen LogP contribution in [0.2, 0.25) is 0 Å². The molecule has 1 aromatic rings. The van der Waals surface area contributed by atoms with Gasteiger partial charge in [0.25, 0.3) is 0 Å². The van der Waals surface area contributed by atoms with Crippen molar-refractivity contribution in [3.63, 3.8) is 0 Å². The van der Waals surface area contributed by atoms with Gasteiger partial charge in [-0.3, -0.25) is 9.59 Å². The molecule has 0 saturated carbocycles. The number of carbonyl (C=O) groups is 3. The first-order chi connectivity index (χ1) is 11.6. The molecule has 1 saturated heterocycles. The van der Waals surface area contributed by atoms with Crippen molar-refractivity contribution in [1.29, 1.82) is 0 Å². The van der Waals surface area contributed by atoms with Crippen LogP contribution in [0.15, 0.2) is 24.3 Å². The molecule has 0 radical (unpaired) electrons. The number of thioether (sulfide) groups is 1. The SMILES string of the molecule is CCOC(=O)COc1ccccc1C1SCC(=O)N1CC(=O)OC. The third-order valence-electron chi connectivity index (χ3n) is 3.33. The van der Waals surface area contributed by atoms with E-state index >= 15 is 0 Å². The number of ether oxygens (including phenoxy) is 3. The number of amides is 1. The zero-order valence-corrected chi connectivity index (χ0v) is 14.3. The molecule has 1 atom stereocenters. The van der Waals surface area contributed by atoms with Crippen LogP contribution in [0.4, 0.5) is 0 Å². The van der Waals surface area contributed by atoms with Gasteiger partial charge in [-0.2, -0.15) is 0 Å². The fraction of sp³-hybridized carbons (Fsp3) is 0.438. The van der Waals surface area contributed by atoms with E-state index in [1.54, 1.807) is 25.1 Å². The highest BCUT2D eigenvalue weighted by molar-refractivity contribution is 8.00. The summed E-state index contributed by atoms with van der Waals surface area (Å²) in [6.07, 6.45) is 0. The number of carbonyl (C=O) groups excluding carboxylic acids is 3. The van der Waals surface area contributed by atoms with Gasteiger partial charge in [-0.25, -0.2) is 4.79 Å². The van der Waals surface area contributed by atoms with Crippen molar-refractivity contribution in [3.05, 3.63) is 29.8 Å². The van der Waals surface area contributed by atoms with Crippen LogP contribution in [-0.4, -0.2) is 55.4 Å². The lowest BCUT2D eigenvalue weighted by molar-refractivity contribution is -0.146. The van der Waals surface area contributed by atoms with Gasteiger partial charge in [-0.1, -0.05) is 18.2 Å². The number of rotatable bonds is 7. The minimum absolute atomic E-state index is 0.126. The maximum Gasteiger partial charge on any atom is 0.344 e. The fourth-order valence-corrected chi connectivity index (χ4v) is 3.45. The summed E-state index contributed by atoms with van der Waals surface area (Å²) in [5.41, 5.74) is 0.724. The molecule has 1 unspecified atom stereocenters. The molecule has 1 heterocycles. The summed E-state index contributed by atoms with van der Waals surface area (Å²) in [7, 11) is 1.28. The van der Waals surface area contributed by atoms with Gasteiger partial charge < -0.3 is 19.1 Å². The lowest BCUT2D eigenvalue weighted by atomic mass is 10.2. The first kappa shape index (κ1) is 18.1. The summed E-state index contributed by atoms with van der Waals surface area (Å²) < 4.78 is 15.0. The molecule has 1 aliphatic rings. The molecule has 7 nitrogen and oxygen atoms in total. The van der Waals surface area contributed by atoms with Crippen LogP contribution >= 0.6 is 11.8 Å².